The molecule has 1 saturated carbocycles. The van der Waals surface area contributed by atoms with Gasteiger partial charge in [0.05, 0.1) is 11.4 Å². The molecule has 0 radical (unpaired) electrons. The van der Waals surface area contributed by atoms with E-state index in [1.165, 1.54) is 71.1 Å². The van der Waals surface area contributed by atoms with Crippen molar-refractivity contribution in [3.63, 3.8) is 0 Å². The van der Waals surface area contributed by atoms with E-state index in [1.807, 2.05) is 0 Å². The molecular formula is C44H40N2. The molecule has 2 heteroatoms. The van der Waals surface area contributed by atoms with E-state index in [1.54, 1.807) is 0 Å². The number of fused-ring (bicyclic) bond motifs is 1. The highest BCUT2D eigenvalue weighted by atomic mass is 14.9. The van der Waals surface area contributed by atoms with Gasteiger partial charge in [0.15, 0.2) is 5.82 Å². The smallest absolute Gasteiger partial charge is 0.160 e. The van der Waals surface area contributed by atoms with E-state index in [4.69, 9.17) is 9.97 Å². The van der Waals surface area contributed by atoms with E-state index in [0.29, 0.717) is 0 Å². The molecule has 0 aliphatic heterocycles. The molecule has 1 fully saturated rings. The fourth-order valence-electron chi connectivity index (χ4n) is 7.85. The molecule has 226 valence electrons. The summed E-state index contributed by atoms with van der Waals surface area (Å²) < 4.78 is 0. The second kappa shape index (κ2) is 12.5. The standard InChI is InChI=1S/C44H40N2/c1-4-14-34(15-5-1)41-31-42(35-16-6-2-7-17-35)46-43(45-41)36-23-27-38(28-24-36)44(29-10-3-11-30-44)37-25-21-33(22-26-37)40-20-12-18-32-13-8-9-19-39(32)40/h1,4-6,8-9,13-17,19-28,31H,2-3,7,10-12,18,29-30H2. The maximum atomic E-state index is 5.10. The maximum absolute atomic E-state index is 5.10. The van der Waals surface area contributed by atoms with Crippen molar-refractivity contribution in [1.82, 2.24) is 9.97 Å². The summed E-state index contributed by atoms with van der Waals surface area (Å²) in [5, 5.41) is 0. The van der Waals surface area contributed by atoms with E-state index >= 15 is 0 Å². The number of aromatic nitrogens is 2. The lowest BCUT2D eigenvalue weighted by atomic mass is 9.65. The molecule has 3 aliphatic rings. The van der Waals surface area contributed by atoms with Gasteiger partial charge in [-0.25, -0.2) is 9.97 Å². The Balaban J connectivity index is 1.14. The number of hydrogen-bond acceptors (Lipinski definition) is 2. The first-order chi connectivity index (χ1) is 22.8. The Bertz CT molecular complexity index is 1940. The Morgan fingerprint density at radius 3 is 1.98 bits per heavy atom. The van der Waals surface area contributed by atoms with Gasteiger partial charge in [0.25, 0.3) is 0 Å². The summed E-state index contributed by atoms with van der Waals surface area (Å²) in [6, 6.07) is 40.3. The van der Waals surface area contributed by atoms with Crippen LogP contribution in [0.1, 0.15) is 84.9 Å². The first kappa shape index (κ1) is 28.6. The molecule has 8 rings (SSSR count). The summed E-state index contributed by atoms with van der Waals surface area (Å²) in [5.41, 5.74) is 13.7. The zero-order valence-electron chi connectivity index (χ0n) is 26.5. The molecule has 0 spiro atoms. The molecule has 0 amide bonds. The molecule has 0 bridgehead atoms. The van der Waals surface area contributed by atoms with Crippen molar-refractivity contribution in [2.45, 2.75) is 63.2 Å². The van der Waals surface area contributed by atoms with E-state index in [0.717, 1.165) is 54.0 Å². The van der Waals surface area contributed by atoms with Crippen molar-refractivity contribution < 1.29 is 0 Å². The monoisotopic (exact) mass is 596 g/mol. The molecule has 46 heavy (non-hydrogen) atoms. The number of nitrogens with zero attached hydrogens (tertiary/aromatic N) is 2. The van der Waals surface area contributed by atoms with E-state index in [9.17, 15) is 0 Å². The highest BCUT2D eigenvalue weighted by molar-refractivity contribution is 5.83. The number of hydrogen-bond donors (Lipinski definition) is 0. The van der Waals surface area contributed by atoms with Gasteiger partial charge in [-0.2, -0.15) is 0 Å². The minimum absolute atomic E-state index is 0.0315. The average Bonchev–Trinajstić information content (AvgIpc) is 3.15. The fraction of sp³-hybridized carbons (Fsp3) is 0.227. The third-order valence-electron chi connectivity index (χ3n) is 10.3. The largest absolute Gasteiger partial charge is 0.228 e. The second-order valence-corrected chi connectivity index (χ2v) is 13.1. The molecule has 3 aliphatic carbocycles. The van der Waals surface area contributed by atoms with Crippen molar-refractivity contribution in [1.29, 1.82) is 0 Å². The predicted molar refractivity (Wildman–Crippen MR) is 191 cm³/mol. The average molecular weight is 597 g/mol. The van der Waals surface area contributed by atoms with Gasteiger partial charge in [0.2, 0.25) is 0 Å². The molecular weight excluding hydrogens is 556 g/mol. The fourth-order valence-corrected chi connectivity index (χ4v) is 7.85. The van der Waals surface area contributed by atoms with Crippen molar-refractivity contribution >= 4 is 11.1 Å². The molecule has 0 N–H and O–H groups in total. The van der Waals surface area contributed by atoms with Crippen molar-refractivity contribution in [3.8, 4) is 22.6 Å². The van der Waals surface area contributed by atoms with Crippen LogP contribution in [0.25, 0.3) is 33.8 Å². The molecule has 5 aromatic rings. The van der Waals surface area contributed by atoms with Crippen LogP contribution in [0.5, 0.6) is 0 Å². The second-order valence-electron chi connectivity index (χ2n) is 13.1. The number of allylic oxidation sites excluding steroid dienone is 5. The van der Waals surface area contributed by atoms with Crippen LogP contribution in [0, 0.1) is 0 Å². The van der Waals surface area contributed by atoms with Crippen LogP contribution in [0.4, 0.5) is 0 Å². The van der Waals surface area contributed by atoms with Crippen molar-refractivity contribution in [2.75, 3.05) is 0 Å². The number of rotatable bonds is 6. The molecule has 0 saturated heterocycles. The highest BCUT2D eigenvalue weighted by Crippen LogP contribution is 2.46. The minimum Gasteiger partial charge on any atom is -0.228 e. The van der Waals surface area contributed by atoms with Gasteiger partial charge in [-0.05, 0) is 83.6 Å². The molecule has 4 aromatic carbocycles. The maximum Gasteiger partial charge on any atom is 0.160 e. The summed E-state index contributed by atoms with van der Waals surface area (Å²) in [6.45, 7) is 0. The van der Waals surface area contributed by atoms with Gasteiger partial charge in [0.1, 0.15) is 0 Å². The zero-order chi connectivity index (χ0) is 30.8. The number of aryl methyl sites for hydroxylation is 1. The lowest BCUT2D eigenvalue weighted by Crippen LogP contribution is -2.30. The Morgan fingerprint density at radius 1 is 0.543 bits per heavy atom. The van der Waals surface area contributed by atoms with Gasteiger partial charge in [-0.3, -0.25) is 0 Å². The first-order valence-corrected chi connectivity index (χ1v) is 17.1. The molecule has 0 atom stereocenters. The zero-order valence-corrected chi connectivity index (χ0v) is 26.5. The molecule has 1 heterocycles. The minimum atomic E-state index is 0.0315. The summed E-state index contributed by atoms with van der Waals surface area (Å²) in [4.78, 5) is 10.2. The van der Waals surface area contributed by atoms with Crippen LogP contribution in [-0.2, 0) is 11.8 Å². The van der Waals surface area contributed by atoms with Crippen LogP contribution in [0.15, 0.2) is 133 Å². The summed E-state index contributed by atoms with van der Waals surface area (Å²) in [6.07, 6.45) is 19.8. The third-order valence-corrected chi connectivity index (χ3v) is 10.3. The summed E-state index contributed by atoms with van der Waals surface area (Å²) >= 11 is 0. The molecule has 2 nitrogen and oxygen atoms in total. The number of benzene rings is 4. The molecule has 1 aromatic heterocycles. The van der Waals surface area contributed by atoms with Crippen molar-refractivity contribution in [2.24, 2.45) is 0 Å². The Hall–Kier alpha value is -4.82. The van der Waals surface area contributed by atoms with Crippen LogP contribution in [-0.4, -0.2) is 9.97 Å². The predicted octanol–water partition coefficient (Wildman–Crippen LogP) is 11.2. The van der Waals surface area contributed by atoms with E-state index in [2.05, 4.69) is 133 Å². The summed E-state index contributed by atoms with van der Waals surface area (Å²) in [7, 11) is 0. The van der Waals surface area contributed by atoms with Crippen LogP contribution < -0.4 is 0 Å². The van der Waals surface area contributed by atoms with Gasteiger partial charge >= 0.3 is 0 Å². The van der Waals surface area contributed by atoms with Gasteiger partial charge in [-0.15, -0.1) is 0 Å². The van der Waals surface area contributed by atoms with E-state index < -0.39 is 0 Å². The quantitative estimate of drug-likeness (QED) is 0.195. The normalized spacial score (nSPS) is 17.1. The topological polar surface area (TPSA) is 25.8 Å². The molecule has 0 unspecified atom stereocenters. The summed E-state index contributed by atoms with van der Waals surface area (Å²) in [5.74, 6) is 0.783. The van der Waals surface area contributed by atoms with Crippen molar-refractivity contribution in [3.05, 3.63) is 167 Å². The Morgan fingerprint density at radius 2 is 1.24 bits per heavy atom. The SMILES string of the molecule is C1=CC(c2cc(-c3ccccc3)nc(-c3ccc(C4(c5ccc(C6=CCCc7ccccc76)cc5)CCCCC4)cc3)n2)=CCC1. The first-order valence-electron chi connectivity index (χ1n) is 17.1. The Labute approximate surface area is 273 Å². The van der Waals surface area contributed by atoms with E-state index in [-0.39, 0.29) is 5.41 Å². The lowest BCUT2D eigenvalue weighted by Gasteiger charge is -2.39. The van der Waals surface area contributed by atoms with Crippen LogP contribution in [0.2, 0.25) is 0 Å². The van der Waals surface area contributed by atoms with Crippen LogP contribution >= 0.6 is 0 Å². The third kappa shape index (κ3) is 5.47. The van der Waals surface area contributed by atoms with Gasteiger partial charge in [-0.1, -0.05) is 147 Å². The highest BCUT2D eigenvalue weighted by Gasteiger charge is 2.35. The van der Waals surface area contributed by atoms with Gasteiger partial charge in [0, 0.05) is 16.5 Å². The lowest BCUT2D eigenvalue weighted by molar-refractivity contribution is 0.346. The Kier molecular flexibility index (Phi) is 7.80. The van der Waals surface area contributed by atoms with Crippen LogP contribution in [0.3, 0.4) is 0 Å². The van der Waals surface area contributed by atoms with Gasteiger partial charge < -0.3 is 0 Å².